The lowest BCUT2D eigenvalue weighted by atomic mass is 10.2. The molecule has 1 aliphatic rings. The summed E-state index contributed by atoms with van der Waals surface area (Å²) in [6, 6.07) is 4.81. The summed E-state index contributed by atoms with van der Waals surface area (Å²) < 4.78 is 35.1. The zero-order valence-electron chi connectivity index (χ0n) is 12.4. The average Bonchev–Trinajstić information content (AvgIpc) is 3.37. The van der Waals surface area contributed by atoms with Crippen LogP contribution in [0.4, 0.5) is 14.5 Å². The van der Waals surface area contributed by atoms with E-state index in [9.17, 15) is 8.78 Å². The van der Waals surface area contributed by atoms with Crippen molar-refractivity contribution < 1.29 is 18.3 Å². The second-order valence-corrected chi connectivity index (χ2v) is 5.34. The van der Waals surface area contributed by atoms with Crippen LogP contribution in [-0.4, -0.2) is 23.2 Å². The molecule has 0 spiro atoms. The van der Waals surface area contributed by atoms with Gasteiger partial charge in [-0.15, -0.1) is 0 Å². The van der Waals surface area contributed by atoms with Crippen LogP contribution in [0, 0.1) is 5.92 Å². The zero-order chi connectivity index (χ0) is 16.1. The van der Waals surface area contributed by atoms with Crippen LogP contribution in [0.1, 0.15) is 18.5 Å². The Labute approximate surface area is 132 Å². The van der Waals surface area contributed by atoms with Crippen molar-refractivity contribution in [1.82, 2.24) is 9.97 Å². The lowest BCUT2D eigenvalue weighted by Gasteiger charge is -2.14. The van der Waals surface area contributed by atoms with Crippen LogP contribution >= 0.6 is 0 Å². The molecule has 0 aliphatic heterocycles. The van der Waals surface area contributed by atoms with Crippen molar-refractivity contribution in [2.75, 3.05) is 11.9 Å². The number of alkyl halides is 2. The van der Waals surface area contributed by atoms with Gasteiger partial charge in [-0.3, -0.25) is 9.97 Å². The van der Waals surface area contributed by atoms with Crippen molar-refractivity contribution >= 4 is 5.69 Å². The minimum Gasteiger partial charge on any atom is -0.489 e. The van der Waals surface area contributed by atoms with Gasteiger partial charge < -0.3 is 14.8 Å². The van der Waals surface area contributed by atoms with Gasteiger partial charge in [-0.2, -0.15) is 8.78 Å². The van der Waals surface area contributed by atoms with Crippen molar-refractivity contribution in [3.05, 3.63) is 42.5 Å². The topological polar surface area (TPSA) is 56.3 Å². The number of benzene rings is 1. The molecule has 5 nitrogen and oxygen atoms in total. The van der Waals surface area contributed by atoms with E-state index in [4.69, 9.17) is 4.74 Å². The summed E-state index contributed by atoms with van der Waals surface area (Å²) in [4.78, 5) is 8.15. The largest absolute Gasteiger partial charge is 0.489 e. The first-order valence-corrected chi connectivity index (χ1v) is 7.41. The van der Waals surface area contributed by atoms with Crippen LogP contribution < -0.4 is 14.8 Å². The maximum Gasteiger partial charge on any atom is 0.387 e. The molecule has 2 aromatic rings. The minimum absolute atomic E-state index is 0.0469. The van der Waals surface area contributed by atoms with Gasteiger partial charge in [0.25, 0.3) is 0 Å². The Balaban J connectivity index is 1.68. The maximum absolute atomic E-state index is 12.5. The van der Waals surface area contributed by atoms with Crippen LogP contribution in [0.2, 0.25) is 0 Å². The highest BCUT2D eigenvalue weighted by atomic mass is 19.3. The van der Waals surface area contributed by atoms with Crippen LogP contribution in [0.3, 0.4) is 0 Å². The normalized spacial score (nSPS) is 13.9. The van der Waals surface area contributed by atoms with Crippen LogP contribution in [0.25, 0.3) is 0 Å². The Kier molecular flexibility index (Phi) is 4.85. The highest BCUT2D eigenvalue weighted by Gasteiger charge is 2.23. The van der Waals surface area contributed by atoms with Crippen molar-refractivity contribution in [3.63, 3.8) is 0 Å². The lowest BCUT2D eigenvalue weighted by Crippen LogP contribution is -2.07. The number of hydrogen-bond donors (Lipinski definition) is 1. The maximum atomic E-state index is 12.5. The van der Waals surface area contributed by atoms with E-state index in [0.717, 1.165) is 24.2 Å². The van der Waals surface area contributed by atoms with E-state index < -0.39 is 6.61 Å². The Bertz CT molecular complexity index is 636. The van der Waals surface area contributed by atoms with E-state index in [-0.39, 0.29) is 5.75 Å². The molecule has 0 radical (unpaired) electrons. The Hall–Kier alpha value is -2.44. The highest BCUT2D eigenvalue weighted by Crippen LogP contribution is 2.35. The molecule has 1 aromatic heterocycles. The summed E-state index contributed by atoms with van der Waals surface area (Å²) in [7, 11) is 0. The van der Waals surface area contributed by atoms with Crippen molar-refractivity contribution in [2.24, 2.45) is 5.92 Å². The van der Waals surface area contributed by atoms with Gasteiger partial charge in [0, 0.05) is 24.1 Å². The van der Waals surface area contributed by atoms with E-state index in [1.54, 1.807) is 30.7 Å². The van der Waals surface area contributed by atoms with Gasteiger partial charge in [0.1, 0.15) is 0 Å². The van der Waals surface area contributed by atoms with Gasteiger partial charge in [-0.25, -0.2) is 0 Å². The molecule has 1 saturated carbocycles. The molecule has 0 saturated heterocycles. The fraction of sp³-hybridized carbons (Fsp3) is 0.375. The minimum atomic E-state index is -2.88. The summed E-state index contributed by atoms with van der Waals surface area (Å²) in [5.41, 5.74) is 1.52. The molecular formula is C16H17F2N3O2. The van der Waals surface area contributed by atoms with Gasteiger partial charge in [-0.1, -0.05) is 0 Å². The third-order valence-corrected chi connectivity index (χ3v) is 3.42. The van der Waals surface area contributed by atoms with Crippen molar-refractivity contribution in [3.8, 4) is 11.5 Å². The predicted molar refractivity (Wildman–Crippen MR) is 80.7 cm³/mol. The van der Waals surface area contributed by atoms with Crippen molar-refractivity contribution in [2.45, 2.75) is 26.0 Å². The SMILES string of the molecule is FC(F)Oc1ccc(NCc2cnccn2)cc1OCC1CC1. The van der Waals surface area contributed by atoms with Crippen molar-refractivity contribution in [1.29, 1.82) is 0 Å². The monoisotopic (exact) mass is 321 g/mol. The Morgan fingerprint density at radius 3 is 2.78 bits per heavy atom. The first kappa shape index (κ1) is 15.5. The Morgan fingerprint density at radius 1 is 1.22 bits per heavy atom. The predicted octanol–water partition coefficient (Wildman–Crippen LogP) is 3.48. The average molecular weight is 321 g/mol. The summed E-state index contributed by atoms with van der Waals surface area (Å²) >= 11 is 0. The molecule has 1 aromatic carbocycles. The quantitative estimate of drug-likeness (QED) is 0.807. The lowest BCUT2D eigenvalue weighted by molar-refractivity contribution is -0.0515. The number of rotatable bonds is 8. The molecule has 3 rings (SSSR count). The first-order valence-electron chi connectivity index (χ1n) is 7.41. The van der Waals surface area contributed by atoms with Gasteiger partial charge in [-0.05, 0) is 30.9 Å². The van der Waals surface area contributed by atoms with Gasteiger partial charge >= 0.3 is 6.61 Å². The molecular weight excluding hydrogens is 304 g/mol. The third-order valence-electron chi connectivity index (χ3n) is 3.42. The summed E-state index contributed by atoms with van der Waals surface area (Å²) in [6.07, 6.45) is 7.11. The van der Waals surface area contributed by atoms with E-state index in [0.29, 0.717) is 24.8 Å². The van der Waals surface area contributed by atoms with Crippen LogP contribution in [0.5, 0.6) is 11.5 Å². The first-order chi connectivity index (χ1) is 11.2. The number of aromatic nitrogens is 2. The van der Waals surface area contributed by atoms with Gasteiger partial charge in [0.15, 0.2) is 11.5 Å². The molecule has 1 N–H and O–H groups in total. The molecule has 122 valence electrons. The zero-order valence-corrected chi connectivity index (χ0v) is 12.4. The highest BCUT2D eigenvalue weighted by molar-refractivity contribution is 5.54. The molecule has 0 bridgehead atoms. The van der Waals surface area contributed by atoms with E-state index >= 15 is 0 Å². The summed E-state index contributed by atoms with van der Waals surface area (Å²) in [5.74, 6) is 0.887. The summed E-state index contributed by atoms with van der Waals surface area (Å²) in [5, 5.41) is 3.16. The second-order valence-electron chi connectivity index (χ2n) is 5.34. The summed E-state index contributed by atoms with van der Waals surface area (Å²) in [6.45, 7) is -1.88. The molecule has 0 amide bonds. The number of nitrogens with one attached hydrogen (secondary N) is 1. The smallest absolute Gasteiger partial charge is 0.387 e. The van der Waals surface area contributed by atoms with E-state index in [1.165, 1.54) is 6.07 Å². The van der Waals surface area contributed by atoms with Crippen LogP contribution in [-0.2, 0) is 6.54 Å². The number of anilines is 1. The molecule has 1 heterocycles. The molecule has 1 aliphatic carbocycles. The van der Waals surface area contributed by atoms with E-state index in [2.05, 4.69) is 20.0 Å². The van der Waals surface area contributed by atoms with Gasteiger partial charge in [0.2, 0.25) is 0 Å². The van der Waals surface area contributed by atoms with E-state index in [1.807, 2.05) is 0 Å². The second kappa shape index (κ2) is 7.21. The van der Waals surface area contributed by atoms with Gasteiger partial charge in [0.05, 0.1) is 25.0 Å². The molecule has 0 unspecified atom stereocenters. The molecule has 23 heavy (non-hydrogen) atoms. The standard InChI is InChI=1S/C16H17F2N3O2/c17-16(18)23-14-4-3-12(7-15(14)22-10-11-1-2-11)21-9-13-8-19-5-6-20-13/h3-8,11,16,21H,1-2,9-10H2. The number of ether oxygens (including phenoxy) is 2. The Morgan fingerprint density at radius 2 is 2.09 bits per heavy atom. The fourth-order valence-corrected chi connectivity index (χ4v) is 2.03. The number of nitrogens with zero attached hydrogens (tertiary/aromatic N) is 2. The number of halogens is 2. The third kappa shape index (κ3) is 4.77. The molecule has 1 fully saturated rings. The number of hydrogen-bond acceptors (Lipinski definition) is 5. The molecule has 0 atom stereocenters. The molecule has 7 heteroatoms. The van der Waals surface area contributed by atoms with Crippen LogP contribution in [0.15, 0.2) is 36.8 Å². The fourth-order valence-electron chi connectivity index (χ4n) is 2.03.